The van der Waals surface area contributed by atoms with Gasteiger partial charge in [-0.15, -0.1) is 10.2 Å². The van der Waals surface area contributed by atoms with Crippen molar-refractivity contribution in [3.63, 3.8) is 0 Å². The minimum atomic E-state index is -0.274. The Labute approximate surface area is 184 Å². The van der Waals surface area contributed by atoms with Gasteiger partial charge in [0, 0.05) is 14.1 Å². The number of benzene rings is 2. The van der Waals surface area contributed by atoms with E-state index < -0.39 is 0 Å². The molecule has 0 radical (unpaired) electrons. The average Bonchev–Trinajstić information content (AvgIpc) is 3.37. The van der Waals surface area contributed by atoms with Crippen molar-refractivity contribution in [2.45, 2.75) is 5.16 Å². The second-order valence-corrected chi connectivity index (χ2v) is 7.73. The number of aromatic nitrogens is 3. The van der Waals surface area contributed by atoms with E-state index in [9.17, 15) is 10.1 Å². The summed E-state index contributed by atoms with van der Waals surface area (Å²) in [5, 5.41) is 18.4. The van der Waals surface area contributed by atoms with E-state index in [2.05, 4.69) is 16.3 Å². The van der Waals surface area contributed by atoms with E-state index in [0.29, 0.717) is 16.7 Å². The first kappa shape index (κ1) is 20.5. The molecule has 0 amide bonds. The third-order valence-corrected chi connectivity index (χ3v) is 5.99. The molecule has 0 N–H and O–H groups in total. The summed E-state index contributed by atoms with van der Waals surface area (Å²) in [6, 6.07) is 17.4. The van der Waals surface area contributed by atoms with Gasteiger partial charge in [0.1, 0.15) is 29.5 Å². The Morgan fingerprint density at radius 3 is 2.29 bits per heavy atom. The van der Waals surface area contributed by atoms with Crippen LogP contribution in [0.4, 0.5) is 11.4 Å². The van der Waals surface area contributed by atoms with Gasteiger partial charge in [-0.3, -0.25) is 9.36 Å². The van der Waals surface area contributed by atoms with Crippen molar-refractivity contribution in [3.8, 4) is 17.5 Å². The molecule has 4 rings (SSSR count). The predicted molar refractivity (Wildman–Crippen MR) is 120 cm³/mol. The van der Waals surface area contributed by atoms with Crippen LogP contribution in [-0.2, 0) is 4.79 Å². The predicted octanol–water partition coefficient (Wildman–Crippen LogP) is 3.26. The number of para-hydroxylation sites is 4. The van der Waals surface area contributed by atoms with Gasteiger partial charge >= 0.3 is 0 Å². The number of methoxy groups -OCH3 is 1. The highest BCUT2D eigenvalue weighted by Gasteiger charge is 2.31. The number of allylic oxidation sites excluding steroid dienone is 1. The number of fused-ring (bicyclic) bond motifs is 1. The number of ether oxygens (including phenoxy) is 1. The summed E-state index contributed by atoms with van der Waals surface area (Å²) >= 11 is 1.23. The van der Waals surface area contributed by atoms with Crippen molar-refractivity contribution in [3.05, 3.63) is 66.3 Å². The summed E-state index contributed by atoms with van der Waals surface area (Å²) in [6.07, 6.45) is 1.57. The first-order valence-corrected chi connectivity index (χ1v) is 10.5. The molecule has 0 bridgehead atoms. The molecule has 8 nitrogen and oxygen atoms in total. The van der Waals surface area contributed by atoms with Crippen LogP contribution in [-0.4, -0.2) is 47.5 Å². The van der Waals surface area contributed by atoms with E-state index in [1.165, 1.54) is 11.8 Å². The van der Waals surface area contributed by atoms with Crippen LogP contribution in [0.5, 0.6) is 5.75 Å². The molecule has 31 heavy (non-hydrogen) atoms. The number of ketones is 1. The first-order chi connectivity index (χ1) is 15.1. The summed E-state index contributed by atoms with van der Waals surface area (Å²) in [5.74, 6) is 1.02. The van der Waals surface area contributed by atoms with Gasteiger partial charge in [-0.2, -0.15) is 5.26 Å². The van der Waals surface area contributed by atoms with E-state index in [1.807, 2.05) is 72.4 Å². The highest BCUT2D eigenvalue weighted by atomic mass is 32.2. The maximum Gasteiger partial charge on any atom is 0.196 e. The molecule has 9 heteroatoms. The van der Waals surface area contributed by atoms with Crippen LogP contribution in [0.25, 0.3) is 5.69 Å². The number of thioether (sulfide) groups is 1. The summed E-state index contributed by atoms with van der Waals surface area (Å²) < 4.78 is 7.18. The highest BCUT2D eigenvalue weighted by Crippen LogP contribution is 2.40. The molecule has 0 spiro atoms. The van der Waals surface area contributed by atoms with Crippen LogP contribution in [0.15, 0.2) is 71.4 Å². The Balaban J connectivity index is 1.58. The zero-order valence-electron chi connectivity index (χ0n) is 17.3. The van der Waals surface area contributed by atoms with Gasteiger partial charge in [0.05, 0.1) is 29.9 Å². The molecule has 156 valence electrons. The second-order valence-electron chi connectivity index (χ2n) is 6.78. The lowest BCUT2D eigenvalue weighted by Gasteiger charge is -2.19. The van der Waals surface area contributed by atoms with Crippen LogP contribution < -0.4 is 14.5 Å². The number of nitrogens with zero attached hydrogens (tertiary/aromatic N) is 6. The lowest BCUT2D eigenvalue weighted by atomic mass is 10.2. The first-order valence-electron chi connectivity index (χ1n) is 9.47. The lowest BCUT2D eigenvalue weighted by molar-refractivity contribution is -0.112. The normalized spacial score (nSPS) is 12.5. The Bertz CT molecular complexity index is 1180. The van der Waals surface area contributed by atoms with Gasteiger partial charge in [0.25, 0.3) is 0 Å². The molecule has 0 saturated heterocycles. The van der Waals surface area contributed by atoms with E-state index >= 15 is 0 Å². The lowest BCUT2D eigenvalue weighted by Crippen LogP contribution is -2.26. The minimum absolute atomic E-state index is 0.0538. The Morgan fingerprint density at radius 1 is 1.06 bits per heavy atom. The molecule has 2 heterocycles. The van der Waals surface area contributed by atoms with Crippen LogP contribution in [0, 0.1) is 11.3 Å². The zero-order valence-corrected chi connectivity index (χ0v) is 18.1. The zero-order chi connectivity index (χ0) is 22.0. The van der Waals surface area contributed by atoms with Crippen molar-refractivity contribution in [2.75, 3.05) is 36.8 Å². The molecule has 0 atom stereocenters. The van der Waals surface area contributed by atoms with Gasteiger partial charge in [0.15, 0.2) is 10.9 Å². The quantitative estimate of drug-likeness (QED) is 0.333. The molecule has 1 aliphatic heterocycles. The summed E-state index contributed by atoms with van der Waals surface area (Å²) in [4.78, 5) is 16.8. The fourth-order valence-electron chi connectivity index (χ4n) is 3.58. The van der Waals surface area contributed by atoms with E-state index in [1.54, 1.807) is 18.0 Å². The van der Waals surface area contributed by atoms with Crippen LogP contribution in [0.3, 0.4) is 0 Å². The molecule has 1 aliphatic rings. The Hall–Kier alpha value is -3.77. The number of hydrogen-bond donors (Lipinski definition) is 0. The number of carbonyl (C=O) groups is 1. The molecule has 3 aromatic rings. The fraction of sp³-hybridized carbons (Fsp3) is 0.182. The maximum absolute atomic E-state index is 13.0. The van der Waals surface area contributed by atoms with Gasteiger partial charge in [-0.1, -0.05) is 36.0 Å². The van der Waals surface area contributed by atoms with Crippen LogP contribution in [0.1, 0.15) is 0 Å². The SMILES string of the molecule is COc1ccccc1-n1cnnc1SCC(=O)C(C#N)=C1N(C)c2ccccc2N1C. The van der Waals surface area contributed by atoms with E-state index in [4.69, 9.17) is 4.74 Å². The summed E-state index contributed by atoms with van der Waals surface area (Å²) in [7, 11) is 5.30. The monoisotopic (exact) mass is 432 g/mol. The average molecular weight is 433 g/mol. The molecule has 2 aromatic carbocycles. The Morgan fingerprint density at radius 2 is 1.68 bits per heavy atom. The number of rotatable bonds is 6. The van der Waals surface area contributed by atoms with Gasteiger partial charge < -0.3 is 14.5 Å². The smallest absolute Gasteiger partial charge is 0.196 e. The van der Waals surface area contributed by atoms with Crippen molar-refractivity contribution < 1.29 is 9.53 Å². The number of Topliss-reactive ketones (excluding diaryl/α,β-unsaturated/α-hetero) is 1. The fourth-order valence-corrected chi connectivity index (χ4v) is 4.37. The number of hydrogen-bond acceptors (Lipinski definition) is 8. The van der Waals surface area contributed by atoms with Crippen LogP contribution in [0.2, 0.25) is 0 Å². The van der Waals surface area contributed by atoms with Crippen LogP contribution >= 0.6 is 11.8 Å². The third-order valence-electron chi connectivity index (χ3n) is 5.05. The standard InChI is InChI=1S/C22H20N6O2S/c1-26-16-8-4-5-9-17(16)27(2)21(26)15(12-23)19(29)13-31-22-25-24-14-28(22)18-10-6-7-11-20(18)30-3/h4-11,14H,13H2,1-3H3. The van der Waals surface area contributed by atoms with Gasteiger partial charge in [0.2, 0.25) is 0 Å². The number of nitriles is 1. The highest BCUT2D eigenvalue weighted by molar-refractivity contribution is 7.99. The number of anilines is 2. The molecular weight excluding hydrogens is 412 g/mol. The molecule has 0 saturated carbocycles. The Kier molecular flexibility index (Phi) is 5.64. The van der Waals surface area contributed by atoms with Gasteiger partial charge in [-0.25, -0.2) is 0 Å². The van der Waals surface area contributed by atoms with E-state index in [0.717, 1.165) is 17.1 Å². The third kappa shape index (κ3) is 3.62. The summed E-state index contributed by atoms with van der Waals surface area (Å²) in [5.41, 5.74) is 2.78. The summed E-state index contributed by atoms with van der Waals surface area (Å²) in [6.45, 7) is 0. The molecule has 0 unspecified atom stereocenters. The van der Waals surface area contributed by atoms with Crippen molar-refractivity contribution in [1.82, 2.24) is 14.8 Å². The molecule has 0 fully saturated rings. The number of carbonyl (C=O) groups excluding carboxylic acids is 1. The molecule has 1 aromatic heterocycles. The van der Waals surface area contributed by atoms with Gasteiger partial charge in [-0.05, 0) is 24.3 Å². The van der Waals surface area contributed by atoms with Crippen molar-refractivity contribution in [2.24, 2.45) is 0 Å². The van der Waals surface area contributed by atoms with Crippen molar-refractivity contribution in [1.29, 1.82) is 5.26 Å². The topological polar surface area (TPSA) is 87.3 Å². The molecule has 0 aliphatic carbocycles. The largest absolute Gasteiger partial charge is 0.495 e. The maximum atomic E-state index is 13.0. The molecular formula is C22H20N6O2S. The van der Waals surface area contributed by atoms with Crippen molar-refractivity contribution >= 4 is 28.9 Å². The second kappa shape index (κ2) is 8.53. The van der Waals surface area contributed by atoms with E-state index in [-0.39, 0.29) is 17.1 Å². The minimum Gasteiger partial charge on any atom is -0.495 e.